The van der Waals surface area contributed by atoms with Gasteiger partial charge >= 0.3 is 0 Å². The molecule has 0 saturated carbocycles. The largest absolute Gasteiger partial charge is 0.456 e. The lowest BCUT2D eigenvalue weighted by atomic mass is 9.66. The number of aromatic nitrogens is 3. The zero-order chi connectivity index (χ0) is 41.2. The Labute approximate surface area is 363 Å². The summed E-state index contributed by atoms with van der Waals surface area (Å²) in [6.45, 7) is 0. The maximum Gasteiger partial charge on any atom is 0.164 e. The molecule has 3 aliphatic carbocycles. The predicted molar refractivity (Wildman–Crippen MR) is 253 cm³/mol. The summed E-state index contributed by atoms with van der Waals surface area (Å²) in [7, 11) is 0. The summed E-state index contributed by atoms with van der Waals surface area (Å²) in [5.74, 6) is 1.86. The number of rotatable bonds is 3. The van der Waals surface area contributed by atoms with Crippen LogP contribution in [0.25, 0.3) is 101 Å². The predicted octanol–water partition coefficient (Wildman–Crippen LogP) is 14.4. The van der Waals surface area contributed by atoms with Crippen molar-refractivity contribution >= 4 is 21.9 Å². The quantitative estimate of drug-likeness (QED) is 0.179. The van der Waals surface area contributed by atoms with Crippen molar-refractivity contribution in [1.29, 1.82) is 0 Å². The molecule has 0 amide bonds. The Morgan fingerprint density at radius 3 is 1.43 bits per heavy atom. The first kappa shape index (κ1) is 34.5. The fourth-order valence-corrected chi connectivity index (χ4v) is 11.1. The van der Waals surface area contributed by atoms with Crippen molar-refractivity contribution in [2.75, 3.05) is 0 Å². The molecule has 0 fully saturated rings. The van der Waals surface area contributed by atoms with Gasteiger partial charge in [-0.25, -0.2) is 15.0 Å². The Kier molecular flexibility index (Phi) is 7.06. The number of benzene rings is 9. The Morgan fingerprint density at radius 1 is 0.317 bits per heavy atom. The third-order valence-electron chi connectivity index (χ3n) is 13.8. The van der Waals surface area contributed by atoms with E-state index in [1.165, 1.54) is 77.9 Å². The van der Waals surface area contributed by atoms with E-state index in [-0.39, 0.29) is 0 Å². The fourth-order valence-electron chi connectivity index (χ4n) is 11.1. The van der Waals surface area contributed by atoms with Gasteiger partial charge in [0.25, 0.3) is 0 Å². The molecular weight excluding hydrogens is 767 g/mol. The van der Waals surface area contributed by atoms with Crippen LogP contribution in [0.2, 0.25) is 0 Å². The van der Waals surface area contributed by atoms with E-state index in [4.69, 9.17) is 19.4 Å². The van der Waals surface area contributed by atoms with Crippen LogP contribution in [0.3, 0.4) is 0 Å². The molecule has 14 rings (SSSR count). The Balaban J connectivity index is 1.02. The number of para-hydroxylation sites is 1. The minimum atomic E-state index is -0.617. The molecule has 63 heavy (non-hydrogen) atoms. The van der Waals surface area contributed by atoms with Crippen LogP contribution in [-0.4, -0.2) is 15.0 Å². The lowest BCUT2D eigenvalue weighted by Crippen LogP contribution is -2.29. The van der Waals surface area contributed by atoms with E-state index in [9.17, 15) is 0 Å². The van der Waals surface area contributed by atoms with Gasteiger partial charge in [0.1, 0.15) is 11.2 Å². The highest BCUT2D eigenvalue weighted by Crippen LogP contribution is 2.61. The second kappa shape index (κ2) is 12.9. The van der Waals surface area contributed by atoms with E-state index in [1.807, 2.05) is 12.1 Å². The van der Waals surface area contributed by atoms with Crippen molar-refractivity contribution in [3.63, 3.8) is 0 Å². The molecule has 0 N–H and O–H groups in total. The smallest absolute Gasteiger partial charge is 0.164 e. The molecular formula is C59H35N3O. The average Bonchev–Trinajstić information content (AvgIpc) is 3.99. The van der Waals surface area contributed by atoms with Gasteiger partial charge in [0, 0.05) is 27.5 Å². The van der Waals surface area contributed by atoms with Crippen LogP contribution in [-0.2, 0) is 11.8 Å². The van der Waals surface area contributed by atoms with Crippen LogP contribution < -0.4 is 0 Å². The Bertz CT molecular complexity index is 3680. The highest BCUT2D eigenvalue weighted by Gasteiger charge is 2.49. The summed E-state index contributed by atoms with van der Waals surface area (Å²) >= 11 is 0. The normalized spacial score (nSPS) is 13.5. The topological polar surface area (TPSA) is 51.8 Å². The fraction of sp³-hybridized carbons (Fsp3) is 0.0339. The molecule has 3 aliphatic rings. The molecule has 2 aromatic heterocycles. The molecule has 2 heterocycles. The van der Waals surface area contributed by atoms with E-state index in [0.717, 1.165) is 45.0 Å². The molecule has 0 unspecified atom stereocenters. The zero-order valence-electron chi connectivity index (χ0n) is 34.0. The van der Waals surface area contributed by atoms with Crippen molar-refractivity contribution in [2.45, 2.75) is 11.8 Å². The molecule has 4 heteroatoms. The number of nitrogens with zero attached hydrogens (tertiary/aromatic N) is 3. The van der Waals surface area contributed by atoms with Crippen LogP contribution in [0.5, 0.6) is 0 Å². The van der Waals surface area contributed by atoms with E-state index in [1.54, 1.807) is 0 Å². The molecule has 0 radical (unpaired) electrons. The first-order valence-electron chi connectivity index (χ1n) is 21.6. The molecule has 0 aliphatic heterocycles. The number of hydrogen-bond donors (Lipinski definition) is 0. The summed E-state index contributed by atoms with van der Waals surface area (Å²) in [5, 5.41) is 2.16. The minimum Gasteiger partial charge on any atom is -0.456 e. The number of hydrogen-bond acceptors (Lipinski definition) is 4. The summed E-state index contributed by atoms with van der Waals surface area (Å²) in [6, 6.07) is 72.5. The molecule has 11 aromatic rings. The first-order valence-corrected chi connectivity index (χ1v) is 21.6. The minimum absolute atomic E-state index is 0.597. The highest BCUT2D eigenvalue weighted by molar-refractivity contribution is 6.06. The molecule has 292 valence electrons. The lowest BCUT2D eigenvalue weighted by Gasteiger charge is -2.35. The average molecular weight is 802 g/mol. The molecule has 0 atom stereocenters. The van der Waals surface area contributed by atoms with Gasteiger partial charge in [0.2, 0.25) is 0 Å². The zero-order valence-corrected chi connectivity index (χ0v) is 34.0. The van der Waals surface area contributed by atoms with Crippen molar-refractivity contribution < 1.29 is 4.42 Å². The number of fused-ring (bicyclic) bond motifs is 18. The Morgan fingerprint density at radius 2 is 0.762 bits per heavy atom. The van der Waals surface area contributed by atoms with Gasteiger partial charge < -0.3 is 4.42 Å². The second-order valence-corrected chi connectivity index (χ2v) is 17.0. The SMILES string of the molecule is c1ccc2c(c1)Cc1cc(-c3nc(-c4ccc5c(c4)C4(c6ccccc6-c6ccccc6-c6ccccc64)c4ccccc4-5)nc(-c4ccc5c(c4)oc4ccccc45)n3)ccc1-2. The Hall–Kier alpha value is -8.21. The maximum absolute atomic E-state index is 6.39. The van der Waals surface area contributed by atoms with Crippen LogP contribution in [0.4, 0.5) is 0 Å². The van der Waals surface area contributed by atoms with E-state index in [2.05, 4.69) is 188 Å². The summed E-state index contributed by atoms with van der Waals surface area (Å²) in [5.41, 5.74) is 21.4. The van der Waals surface area contributed by atoms with Crippen LogP contribution in [0, 0.1) is 0 Å². The third-order valence-corrected chi connectivity index (χ3v) is 13.8. The summed E-state index contributed by atoms with van der Waals surface area (Å²) in [4.78, 5) is 16.0. The third kappa shape index (κ3) is 4.83. The second-order valence-electron chi connectivity index (χ2n) is 17.0. The van der Waals surface area contributed by atoms with Gasteiger partial charge in [-0.2, -0.15) is 0 Å². The standard InChI is InChI=1S/C59H35N3O/c1-2-14-40-35(13-1)31-39-32-36(25-28-41(39)40)56-60-57(62-58(61-56)38-27-30-49-48-20-8-12-24-54(48)63-55(49)34-38)37-26-29-47-46-19-7-11-23-52(46)59(53(47)33-37)50-21-9-5-17-44(50)42-15-3-4-16-43(42)45-18-6-10-22-51(45)59/h1-30,32-34H,31H2. The highest BCUT2D eigenvalue weighted by atomic mass is 16.3. The van der Waals surface area contributed by atoms with Gasteiger partial charge in [-0.05, 0) is 115 Å². The monoisotopic (exact) mass is 801 g/mol. The van der Waals surface area contributed by atoms with Crippen molar-refractivity contribution in [1.82, 2.24) is 15.0 Å². The van der Waals surface area contributed by atoms with E-state index in [0.29, 0.717) is 17.5 Å². The maximum atomic E-state index is 6.39. The molecule has 4 nitrogen and oxygen atoms in total. The first-order chi connectivity index (χ1) is 31.2. The van der Waals surface area contributed by atoms with Crippen molar-refractivity contribution in [3.8, 4) is 78.7 Å². The molecule has 0 saturated heterocycles. The van der Waals surface area contributed by atoms with Gasteiger partial charge in [-0.1, -0.05) is 170 Å². The van der Waals surface area contributed by atoms with Gasteiger partial charge in [0.15, 0.2) is 17.5 Å². The van der Waals surface area contributed by atoms with Gasteiger partial charge in [-0.3, -0.25) is 0 Å². The van der Waals surface area contributed by atoms with E-state index < -0.39 is 5.41 Å². The van der Waals surface area contributed by atoms with Crippen molar-refractivity contribution in [2.24, 2.45) is 0 Å². The molecule has 1 spiro atoms. The molecule has 9 aromatic carbocycles. The van der Waals surface area contributed by atoms with Crippen LogP contribution in [0.1, 0.15) is 33.4 Å². The van der Waals surface area contributed by atoms with Crippen molar-refractivity contribution in [3.05, 3.63) is 234 Å². The molecule has 0 bridgehead atoms. The van der Waals surface area contributed by atoms with Crippen LogP contribution in [0.15, 0.2) is 205 Å². The van der Waals surface area contributed by atoms with Gasteiger partial charge in [0.05, 0.1) is 5.41 Å². The summed E-state index contributed by atoms with van der Waals surface area (Å²) < 4.78 is 6.39. The van der Waals surface area contributed by atoms with Gasteiger partial charge in [-0.15, -0.1) is 0 Å². The van der Waals surface area contributed by atoms with E-state index >= 15 is 0 Å². The number of furan rings is 1. The van der Waals surface area contributed by atoms with Crippen LogP contribution >= 0.6 is 0 Å². The lowest BCUT2D eigenvalue weighted by molar-refractivity contribution is 0.669. The summed E-state index contributed by atoms with van der Waals surface area (Å²) in [6.07, 6.45) is 0.882.